The van der Waals surface area contributed by atoms with E-state index in [9.17, 15) is 4.79 Å². The fourth-order valence-electron chi connectivity index (χ4n) is 1.59. The Bertz CT molecular complexity index is 634. The number of hydrazone groups is 1. The molecule has 0 bridgehead atoms. The third-order valence-electron chi connectivity index (χ3n) is 2.75. The van der Waals surface area contributed by atoms with Gasteiger partial charge in [0, 0.05) is 5.02 Å². The van der Waals surface area contributed by atoms with Crippen LogP contribution >= 0.6 is 11.6 Å². The SMILES string of the molecule is C/C(=N/Nc1ccc(C(=O)O)cc1)c1ccc(Cl)cc1. The number of benzene rings is 2. The highest BCUT2D eigenvalue weighted by atomic mass is 35.5. The third kappa shape index (κ3) is 3.59. The van der Waals surface area contributed by atoms with Gasteiger partial charge >= 0.3 is 5.97 Å². The van der Waals surface area contributed by atoms with Crippen LogP contribution in [-0.2, 0) is 0 Å². The van der Waals surface area contributed by atoms with Crippen LogP contribution in [0.1, 0.15) is 22.8 Å². The van der Waals surface area contributed by atoms with Gasteiger partial charge < -0.3 is 5.11 Å². The highest BCUT2D eigenvalue weighted by Gasteiger charge is 2.01. The molecule has 0 heterocycles. The lowest BCUT2D eigenvalue weighted by Crippen LogP contribution is -2.00. The monoisotopic (exact) mass is 288 g/mol. The molecule has 2 rings (SSSR count). The van der Waals surface area contributed by atoms with Crippen LogP contribution in [0.2, 0.25) is 5.02 Å². The molecule has 4 nitrogen and oxygen atoms in total. The van der Waals surface area contributed by atoms with E-state index in [-0.39, 0.29) is 5.56 Å². The smallest absolute Gasteiger partial charge is 0.335 e. The van der Waals surface area contributed by atoms with Crippen LogP contribution in [-0.4, -0.2) is 16.8 Å². The van der Waals surface area contributed by atoms with E-state index in [4.69, 9.17) is 16.7 Å². The maximum Gasteiger partial charge on any atom is 0.335 e. The zero-order valence-electron chi connectivity index (χ0n) is 10.8. The van der Waals surface area contributed by atoms with Crippen LogP contribution in [0.4, 0.5) is 5.69 Å². The van der Waals surface area contributed by atoms with Crippen LogP contribution in [0.5, 0.6) is 0 Å². The summed E-state index contributed by atoms with van der Waals surface area (Å²) in [6.07, 6.45) is 0. The van der Waals surface area contributed by atoms with Crippen molar-refractivity contribution in [3.05, 3.63) is 64.7 Å². The van der Waals surface area contributed by atoms with E-state index in [1.807, 2.05) is 19.1 Å². The normalized spacial score (nSPS) is 11.2. The van der Waals surface area contributed by atoms with Crippen molar-refractivity contribution in [1.82, 2.24) is 0 Å². The molecule has 0 aliphatic rings. The van der Waals surface area contributed by atoms with Crippen molar-refractivity contribution in [1.29, 1.82) is 0 Å². The van der Waals surface area contributed by atoms with Gasteiger partial charge in [-0.2, -0.15) is 5.10 Å². The van der Waals surface area contributed by atoms with Crippen LogP contribution in [0.15, 0.2) is 53.6 Å². The largest absolute Gasteiger partial charge is 0.478 e. The van der Waals surface area contributed by atoms with Crippen molar-refractivity contribution in [2.75, 3.05) is 5.43 Å². The first-order valence-corrected chi connectivity index (χ1v) is 6.33. The zero-order valence-corrected chi connectivity index (χ0v) is 11.6. The number of hydrogen-bond acceptors (Lipinski definition) is 3. The summed E-state index contributed by atoms with van der Waals surface area (Å²) >= 11 is 5.83. The summed E-state index contributed by atoms with van der Waals surface area (Å²) < 4.78 is 0. The fourth-order valence-corrected chi connectivity index (χ4v) is 1.72. The summed E-state index contributed by atoms with van der Waals surface area (Å²) in [6.45, 7) is 1.88. The molecule has 0 spiro atoms. The number of hydrogen-bond donors (Lipinski definition) is 2. The minimum Gasteiger partial charge on any atom is -0.478 e. The molecular formula is C15H13ClN2O2. The molecule has 102 valence electrons. The summed E-state index contributed by atoms with van der Waals surface area (Å²) in [5.74, 6) is -0.947. The molecule has 0 atom stereocenters. The van der Waals surface area contributed by atoms with Crippen LogP contribution in [0.25, 0.3) is 0 Å². The third-order valence-corrected chi connectivity index (χ3v) is 3.00. The molecule has 0 radical (unpaired) electrons. The first kappa shape index (κ1) is 14.1. The number of halogens is 1. The lowest BCUT2D eigenvalue weighted by Gasteiger charge is -2.04. The van der Waals surface area contributed by atoms with E-state index >= 15 is 0 Å². The van der Waals surface area contributed by atoms with E-state index < -0.39 is 5.97 Å². The number of carboxylic acids is 1. The number of carboxylic acid groups (broad SMARTS) is 1. The van der Waals surface area contributed by atoms with Gasteiger partial charge in [-0.1, -0.05) is 23.7 Å². The number of anilines is 1. The standard InChI is InChI=1S/C15H13ClN2O2/c1-10(11-2-6-13(16)7-3-11)17-18-14-8-4-12(5-9-14)15(19)20/h2-9,18H,1H3,(H,19,20)/b17-10-. The van der Waals surface area contributed by atoms with E-state index in [2.05, 4.69) is 10.5 Å². The first-order valence-electron chi connectivity index (χ1n) is 5.96. The fraction of sp³-hybridized carbons (Fsp3) is 0.0667. The molecule has 0 aliphatic carbocycles. The molecule has 5 heteroatoms. The minimum absolute atomic E-state index is 0.244. The maximum atomic E-state index is 10.7. The Morgan fingerprint density at radius 2 is 1.60 bits per heavy atom. The van der Waals surface area contributed by atoms with Gasteiger partial charge in [-0.25, -0.2) is 4.79 Å². The molecule has 0 fully saturated rings. The molecular weight excluding hydrogens is 276 g/mol. The van der Waals surface area contributed by atoms with Crippen molar-refractivity contribution in [3.8, 4) is 0 Å². The molecule has 0 saturated carbocycles. The first-order chi connectivity index (χ1) is 9.56. The Morgan fingerprint density at radius 1 is 1.05 bits per heavy atom. The number of aromatic carboxylic acids is 1. The predicted octanol–water partition coefficient (Wildman–Crippen LogP) is 3.87. The molecule has 0 aliphatic heterocycles. The highest BCUT2D eigenvalue weighted by molar-refractivity contribution is 6.30. The predicted molar refractivity (Wildman–Crippen MR) is 80.7 cm³/mol. The zero-order chi connectivity index (χ0) is 14.5. The Morgan fingerprint density at radius 3 is 2.15 bits per heavy atom. The molecule has 2 N–H and O–H groups in total. The summed E-state index contributed by atoms with van der Waals surface area (Å²) in [4.78, 5) is 10.7. The molecule has 0 aromatic heterocycles. The molecule has 0 amide bonds. The average Bonchev–Trinajstić information content (AvgIpc) is 2.46. The number of nitrogens with one attached hydrogen (secondary N) is 1. The molecule has 0 saturated heterocycles. The quantitative estimate of drug-likeness (QED) is 0.663. The Kier molecular flexibility index (Phi) is 4.38. The second kappa shape index (κ2) is 6.21. The lowest BCUT2D eigenvalue weighted by atomic mass is 10.1. The molecule has 0 unspecified atom stereocenters. The number of rotatable bonds is 4. The van der Waals surface area contributed by atoms with Crippen LogP contribution < -0.4 is 5.43 Å². The number of carbonyl (C=O) groups is 1. The van der Waals surface area contributed by atoms with Gasteiger partial charge in [0.1, 0.15) is 0 Å². The minimum atomic E-state index is -0.947. The molecule has 2 aromatic carbocycles. The summed E-state index contributed by atoms with van der Waals surface area (Å²) in [5.41, 5.74) is 5.63. The summed E-state index contributed by atoms with van der Waals surface area (Å²) in [6, 6.07) is 13.8. The number of nitrogens with zero attached hydrogens (tertiary/aromatic N) is 1. The second-order valence-electron chi connectivity index (χ2n) is 4.20. The second-order valence-corrected chi connectivity index (χ2v) is 4.63. The van der Waals surface area contributed by atoms with Crippen LogP contribution in [0, 0.1) is 0 Å². The Labute approximate surface area is 121 Å². The van der Waals surface area contributed by atoms with Crippen molar-refractivity contribution < 1.29 is 9.90 Å². The van der Waals surface area contributed by atoms with Gasteiger partial charge in [0.2, 0.25) is 0 Å². The summed E-state index contributed by atoms with van der Waals surface area (Å²) in [5, 5.41) is 13.7. The van der Waals surface area contributed by atoms with E-state index in [1.165, 1.54) is 12.1 Å². The van der Waals surface area contributed by atoms with E-state index in [0.29, 0.717) is 5.02 Å². The summed E-state index contributed by atoms with van der Waals surface area (Å²) in [7, 11) is 0. The lowest BCUT2D eigenvalue weighted by molar-refractivity contribution is 0.0697. The van der Waals surface area contributed by atoms with E-state index in [1.54, 1.807) is 24.3 Å². The van der Waals surface area contributed by atoms with Gasteiger partial charge in [-0.15, -0.1) is 0 Å². The topological polar surface area (TPSA) is 61.7 Å². The molecule has 2 aromatic rings. The molecule has 20 heavy (non-hydrogen) atoms. The van der Waals surface area contributed by atoms with Crippen molar-refractivity contribution in [2.24, 2.45) is 5.10 Å². The Hall–Kier alpha value is -2.33. The van der Waals surface area contributed by atoms with Crippen LogP contribution in [0.3, 0.4) is 0 Å². The average molecular weight is 289 g/mol. The van der Waals surface area contributed by atoms with Gasteiger partial charge in [-0.05, 0) is 48.9 Å². The van der Waals surface area contributed by atoms with Gasteiger partial charge in [-0.3, -0.25) is 5.43 Å². The van der Waals surface area contributed by atoms with E-state index in [0.717, 1.165) is 17.0 Å². The van der Waals surface area contributed by atoms with Gasteiger partial charge in [0.05, 0.1) is 17.0 Å². The Balaban J connectivity index is 2.08. The van der Waals surface area contributed by atoms with Gasteiger partial charge in [0.15, 0.2) is 0 Å². The highest BCUT2D eigenvalue weighted by Crippen LogP contribution is 2.12. The van der Waals surface area contributed by atoms with Crippen molar-refractivity contribution in [3.63, 3.8) is 0 Å². The van der Waals surface area contributed by atoms with Gasteiger partial charge in [0.25, 0.3) is 0 Å². The van der Waals surface area contributed by atoms with Crippen molar-refractivity contribution in [2.45, 2.75) is 6.92 Å². The maximum absolute atomic E-state index is 10.7. The van der Waals surface area contributed by atoms with Crippen molar-refractivity contribution >= 4 is 29.0 Å².